The van der Waals surface area contributed by atoms with E-state index in [1.165, 1.54) is 0 Å². The van der Waals surface area contributed by atoms with Crippen LogP contribution in [0.5, 0.6) is 5.75 Å². The van der Waals surface area contributed by atoms with Crippen molar-refractivity contribution in [1.82, 2.24) is 25.4 Å². The number of rotatable bonds is 6. The smallest absolute Gasteiger partial charge is 0.405 e. The molecule has 146 valence electrons. The number of carbonyl (C=O) groups excluding carboxylic acids is 2. The quantitative estimate of drug-likeness (QED) is 0.716. The molecule has 0 fully saturated rings. The summed E-state index contributed by atoms with van der Waals surface area (Å²) in [7, 11) is 3.26. The van der Waals surface area contributed by atoms with Crippen molar-refractivity contribution in [3.63, 3.8) is 0 Å². The zero-order chi connectivity index (χ0) is 20.0. The number of amides is 3. The Morgan fingerprint density at radius 3 is 2.48 bits per heavy atom. The van der Waals surface area contributed by atoms with Gasteiger partial charge in [-0.15, -0.1) is 10.2 Å². The molecule has 0 aliphatic rings. The van der Waals surface area contributed by atoms with Gasteiger partial charge in [0.15, 0.2) is 11.0 Å². The summed E-state index contributed by atoms with van der Waals surface area (Å²) < 4.78 is 42.7. The van der Waals surface area contributed by atoms with Gasteiger partial charge >= 0.3 is 12.2 Å². The lowest BCUT2D eigenvalue weighted by Gasteiger charge is -2.09. The molecule has 1 aromatic carbocycles. The number of halogens is 3. The third-order valence-corrected chi connectivity index (χ3v) is 4.24. The van der Waals surface area contributed by atoms with Crippen molar-refractivity contribution < 1.29 is 27.5 Å². The topological polar surface area (TPSA) is 98.1 Å². The predicted molar refractivity (Wildman–Crippen MR) is 91.3 cm³/mol. The molecule has 3 amide bonds. The van der Waals surface area contributed by atoms with Gasteiger partial charge in [-0.25, -0.2) is 4.79 Å². The number of imide groups is 1. The molecule has 2 rings (SSSR count). The van der Waals surface area contributed by atoms with Crippen molar-refractivity contribution in [2.45, 2.75) is 11.3 Å². The first-order chi connectivity index (χ1) is 12.7. The zero-order valence-corrected chi connectivity index (χ0v) is 15.1. The molecule has 0 bridgehead atoms. The second kappa shape index (κ2) is 8.75. The number of hydrogen-bond acceptors (Lipinski definition) is 6. The summed E-state index contributed by atoms with van der Waals surface area (Å²) in [4.78, 5) is 22.9. The van der Waals surface area contributed by atoms with Gasteiger partial charge in [-0.2, -0.15) is 13.2 Å². The van der Waals surface area contributed by atoms with E-state index >= 15 is 0 Å². The minimum Gasteiger partial charge on any atom is -0.497 e. The van der Waals surface area contributed by atoms with Crippen LogP contribution in [-0.2, 0) is 11.8 Å². The van der Waals surface area contributed by atoms with Crippen molar-refractivity contribution in [2.75, 3.05) is 19.4 Å². The first-order valence-electron chi connectivity index (χ1n) is 7.50. The van der Waals surface area contributed by atoms with Crippen molar-refractivity contribution in [3.05, 3.63) is 24.3 Å². The number of aromatic nitrogens is 3. The lowest BCUT2D eigenvalue weighted by atomic mass is 10.2. The molecule has 0 saturated carbocycles. The van der Waals surface area contributed by atoms with Gasteiger partial charge in [0.1, 0.15) is 12.3 Å². The molecule has 2 aromatic rings. The Hall–Kier alpha value is -2.76. The van der Waals surface area contributed by atoms with E-state index in [0.717, 1.165) is 17.3 Å². The van der Waals surface area contributed by atoms with Gasteiger partial charge in [-0.3, -0.25) is 10.1 Å². The summed E-state index contributed by atoms with van der Waals surface area (Å²) in [5.41, 5.74) is 0.786. The second-order valence-electron chi connectivity index (χ2n) is 5.23. The Morgan fingerprint density at radius 1 is 1.22 bits per heavy atom. The Bertz CT molecular complexity index is 808. The van der Waals surface area contributed by atoms with E-state index in [4.69, 9.17) is 4.74 Å². The molecule has 27 heavy (non-hydrogen) atoms. The normalized spacial score (nSPS) is 11.1. The molecule has 0 aliphatic heterocycles. The minimum atomic E-state index is -4.55. The van der Waals surface area contributed by atoms with Crippen LogP contribution in [0.2, 0.25) is 0 Å². The molecule has 1 heterocycles. The fourth-order valence-corrected chi connectivity index (χ4v) is 2.66. The van der Waals surface area contributed by atoms with E-state index in [2.05, 4.69) is 10.2 Å². The van der Waals surface area contributed by atoms with E-state index in [9.17, 15) is 22.8 Å². The average molecular weight is 403 g/mol. The van der Waals surface area contributed by atoms with Crippen LogP contribution in [0.15, 0.2) is 29.4 Å². The second-order valence-corrected chi connectivity index (χ2v) is 6.17. The highest BCUT2D eigenvalue weighted by atomic mass is 32.2. The number of ether oxygens (including phenoxy) is 1. The Labute approximate surface area is 156 Å². The largest absolute Gasteiger partial charge is 0.497 e. The summed E-state index contributed by atoms with van der Waals surface area (Å²) in [6.45, 7) is -1.52. The van der Waals surface area contributed by atoms with Gasteiger partial charge in [0, 0.05) is 12.6 Å². The monoisotopic (exact) mass is 403 g/mol. The van der Waals surface area contributed by atoms with Crippen molar-refractivity contribution in [3.8, 4) is 17.1 Å². The standard InChI is InChI=1S/C15H16F3N5O3S/c1-23-12(9-3-5-10(26-2)6-4-9)21-22-14(23)27-7-11(24)20-13(25)19-8-15(16,17)18/h3-6H,7-8H2,1-2H3,(H2,19,20,24,25). The number of benzene rings is 1. The van der Waals surface area contributed by atoms with Crippen LogP contribution in [0.3, 0.4) is 0 Å². The van der Waals surface area contributed by atoms with Gasteiger partial charge in [0.25, 0.3) is 0 Å². The first-order valence-corrected chi connectivity index (χ1v) is 8.49. The minimum absolute atomic E-state index is 0.214. The molecule has 0 saturated heterocycles. The Kier molecular flexibility index (Phi) is 6.66. The molecule has 0 radical (unpaired) electrons. The molecule has 0 aliphatic carbocycles. The average Bonchev–Trinajstić information content (AvgIpc) is 2.98. The molecule has 0 spiro atoms. The van der Waals surface area contributed by atoms with Crippen LogP contribution in [-0.4, -0.2) is 52.3 Å². The number of carbonyl (C=O) groups is 2. The summed E-state index contributed by atoms with van der Waals surface area (Å²) in [5.74, 6) is 0.279. The maximum atomic E-state index is 12.0. The van der Waals surface area contributed by atoms with Gasteiger partial charge in [-0.05, 0) is 24.3 Å². The molecular weight excluding hydrogens is 387 g/mol. The molecular formula is C15H16F3N5O3S. The fourth-order valence-electron chi connectivity index (χ4n) is 1.95. The lowest BCUT2D eigenvalue weighted by Crippen LogP contribution is -2.43. The van der Waals surface area contributed by atoms with Crippen LogP contribution in [0.4, 0.5) is 18.0 Å². The molecule has 1 aromatic heterocycles. The number of hydrogen-bond donors (Lipinski definition) is 2. The summed E-state index contributed by atoms with van der Waals surface area (Å²) in [6, 6.07) is 5.92. The first kappa shape index (κ1) is 20.6. The maximum absolute atomic E-state index is 12.0. The van der Waals surface area contributed by atoms with E-state index < -0.39 is 24.7 Å². The van der Waals surface area contributed by atoms with E-state index in [1.807, 2.05) is 5.32 Å². The molecule has 0 unspecified atom stereocenters. The third-order valence-electron chi connectivity index (χ3n) is 3.22. The zero-order valence-electron chi connectivity index (χ0n) is 14.3. The maximum Gasteiger partial charge on any atom is 0.405 e. The molecule has 8 nitrogen and oxygen atoms in total. The van der Waals surface area contributed by atoms with Gasteiger partial charge in [0.05, 0.1) is 12.9 Å². The van der Waals surface area contributed by atoms with E-state index in [1.54, 1.807) is 48.3 Å². The van der Waals surface area contributed by atoms with E-state index in [0.29, 0.717) is 16.7 Å². The number of thioether (sulfide) groups is 1. The van der Waals surface area contributed by atoms with Gasteiger partial charge < -0.3 is 14.6 Å². The highest BCUT2D eigenvalue weighted by Gasteiger charge is 2.28. The number of methoxy groups -OCH3 is 1. The van der Waals surface area contributed by atoms with Crippen LogP contribution < -0.4 is 15.4 Å². The third kappa shape index (κ3) is 6.16. The van der Waals surface area contributed by atoms with Crippen LogP contribution in [0.1, 0.15) is 0 Å². The number of alkyl halides is 3. The predicted octanol–water partition coefficient (Wildman–Crippen LogP) is 1.97. The summed E-state index contributed by atoms with van der Waals surface area (Å²) in [5, 5.41) is 11.8. The Balaban J connectivity index is 1.90. The van der Waals surface area contributed by atoms with Crippen LogP contribution in [0, 0.1) is 0 Å². The molecule has 0 atom stereocenters. The molecule has 2 N–H and O–H groups in total. The van der Waals surface area contributed by atoms with Crippen molar-refractivity contribution >= 4 is 23.7 Å². The van der Waals surface area contributed by atoms with Crippen molar-refractivity contribution in [1.29, 1.82) is 0 Å². The molecule has 12 heteroatoms. The highest BCUT2D eigenvalue weighted by Crippen LogP contribution is 2.24. The van der Waals surface area contributed by atoms with Crippen LogP contribution >= 0.6 is 11.8 Å². The van der Waals surface area contributed by atoms with Crippen molar-refractivity contribution in [2.24, 2.45) is 7.05 Å². The highest BCUT2D eigenvalue weighted by molar-refractivity contribution is 7.99. The summed E-state index contributed by atoms with van der Waals surface area (Å²) >= 11 is 0.994. The number of nitrogens with zero attached hydrogens (tertiary/aromatic N) is 3. The Morgan fingerprint density at radius 2 is 1.89 bits per heavy atom. The summed E-state index contributed by atoms with van der Waals surface area (Å²) in [6.07, 6.45) is -4.55. The van der Waals surface area contributed by atoms with Gasteiger partial charge in [0.2, 0.25) is 5.91 Å². The SMILES string of the molecule is COc1ccc(-c2nnc(SCC(=O)NC(=O)NCC(F)(F)F)n2C)cc1. The van der Waals surface area contributed by atoms with E-state index in [-0.39, 0.29) is 5.75 Å². The van der Waals surface area contributed by atoms with Crippen LogP contribution in [0.25, 0.3) is 11.4 Å². The fraction of sp³-hybridized carbons (Fsp3) is 0.333. The number of urea groups is 1. The number of nitrogens with one attached hydrogen (secondary N) is 2. The lowest BCUT2D eigenvalue weighted by molar-refractivity contribution is -0.124. The van der Waals surface area contributed by atoms with Gasteiger partial charge in [-0.1, -0.05) is 11.8 Å².